The van der Waals surface area contributed by atoms with E-state index in [9.17, 15) is 13.2 Å². The maximum atomic E-state index is 12.0. The van der Waals surface area contributed by atoms with Crippen LogP contribution in [-0.4, -0.2) is 43.4 Å². The third-order valence-corrected chi connectivity index (χ3v) is 6.63. The number of carbonyl (C=O) groups excluding carboxylic acids is 1. The molecule has 1 aromatic heterocycles. The van der Waals surface area contributed by atoms with E-state index in [0.717, 1.165) is 25.0 Å². The van der Waals surface area contributed by atoms with Crippen molar-refractivity contribution in [1.29, 1.82) is 0 Å². The summed E-state index contributed by atoms with van der Waals surface area (Å²) >= 11 is 1.54. The molecule has 0 radical (unpaired) electrons. The average molecular weight is 329 g/mol. The van der Waals surface area contributed by atoms with E-state index in [1.807, 2.05) is 0 Å². The van der Waals surface area contributed by atoms with Gasteiger partial charge in [0.2, 0.25) is 5.91 Å². The molecule has 21 heavy (non-hydrogen) atoms. The molecule has 1 amide bonds. The molecule has 1 saturated heterocycles. The highest BCUT2D eigenvalue weighted by atomic mass is 32.2. The highest BCUT2D eigenvalue weighted by Crippen LogP contribution is 2.29. The van der Waals surface area contributed by atoms with Gasteiger partial charge in [-0.25, -0.2) is 13.4 Å². The van der Waals surface area contributed by atoms with E-state index in [1.165, 1.54) is 11.3 Å². The van der Waals surface area contributed by atoms with Crippen molar-refractivity contribution in [3.8, 4) is 0 Å². The average Bonchev–Trinajstić information content (AvgIpc) is 2.79. The normalized spacial score (nSPS) is 24.3. The van der Waals surface area contributed by atoms with Gasteiger partial charge >= 0.3 is 0 Å². The molecule has 2 heterocycles. The fraction of sp³-hybridized carbons (Fsp3) is 0.692. The van der Waals surface area contributed by atoms with Gasteiger partial charge in [-0.1, -0.05) is 0 Å². The van der Waals surface area contributed by atoms with E-state index in [-0.39, 0.29) is 29.9 Å². The molecule has 8 heteroatoms. The first-order chi connectivity index (χ1) is 10.0. The van der Waals surface area contributed by atoms with Crippen molar-refractivity contribution >= 4 is 32.2 Å². The Labute approximate surface area is 128 Å². The molecule has 0 aromatic carbocycles. The van der Waals surface area contributed by atoms with Crippen LogP contribution in [0, 0.1) is 0 Å². The standard InChI is InChI=1S/C13H19N3O3S2/c17-12(7-9-8-21(18,19)6-5-14-9)16-13-15-10-3-1-2-4-11(10)20-13/h9,14H,1-8H2,(H,15,16,17). The summed E-state index contributed by atoms with van der Waals surface area (Å²) in [6.45, 7) is 0.422. The van der Waals surface area contributed by atoms with Crippen LogP contribution in [0.25, 0.3) is 0 Å². The first-order valence-corrected chi connectivity index (χ1v) is 9.88. The van der Waals surface area contributed by atoms with Crippen molar-refractivity contribution < 1.29 is 13.2 Å². The van der Waals surface area contributed by atoms with Crippen LogP contribution in [0.1, 0.15) is 29.8 Å². The van der Waals surface area contributed by atoms with Crippen molar-refractivity contribution in [1.82, 2.24) is 10.3 Å². The lowest BCUT2D eigenvalue weighted by Gasteiger charge is -2.22. The van der Waals surface area contributed by atoms with E-state index in [2.05, 4.69) is 15.6 Å². The van der Waals surface area contributed by atoms with Gasteiger partial charge in [0.1, 0.15) is 0 Å². The monoisotopic (exact) mass is 329 g/mol. The predicted octanol–water partition coefficient (Wildman–Crippen LogP) is 0.737. The lowest BCUT2D eigenvalue weighted by molar-refractivity contribution is -0.116. The molecule has 0 bridgehead atoms. The molecular formula is C13H19N3O3S2. The number of aryl methyl sites for hydroxylation is 2. The molecule has 1 aliphatic heterocycles. The number of sulfone groups is 1. The first-order valence-electron chi connectivity index (χ1n) is 7.24. The first kappa shape index (κ1) is 14.9. The zero-order valence-corrected chi connectivity index (χ0v) is 13.4. The Kier molecular flexibility index (Phi) is 4.28. The molecular weight excluding hydrogens is 310 g/mol. The van der Waals surface area contributed by atoms with Crippen LogP contribution in [0.5, 0.6) is 0 Å². The van der Waals surface area contributed by atoms with Crippen LogP contribution in [0.3, 0.4) is 0 Å². The lowest BCUT2D eigenvalue weighted by Crippen LogP contribution is -2.46. The number of amides is 1. The van der Waals surface area contributed by atoms with Gasteiger partial charge in [-0.2, -0.15) is 0 Å². The van der Waals surface area contributed by atoms with Crippen LogP contribution >= 0.6 is 11.3 Å². The van der Waals surface area contributed by atoms with E-state index in [0.29, 0.717) is 11.7 Å². The largest absolute Gasteiger partial charge is 0.311 e. The number of hydrogen-bond donors (Lipinski definition) is 2. The molecule has 1 unspecified atom stereocenters. The van der Waals surface area contributed by atoms with E-state index < -0.39 is 9.84 Å². The molecule has 3 rings (SSSR count). The summed E-state index contributed by atoms with van der Waals surface area (Å²) < 4.78 is 23.1. The molecule has 1 fully saturated rings. The van der Waals surface area contributed by atoms with Gasteiger partial charge < -0.3 is 10.6 Å². The molecule has 1 aliphatic carbocycles. The zero-order chi connectivity index (χ0) is 14.9. The number of thiazole rings is 1. The molecule has 1 atom stereocenters. The minimum absolute atomic E-state index is 0.0365. The Hall–Kier alpha value is -0.990. The minimum Gasteiger partial charge on any atom is -0.311 e. The van der Waals surface area contributed by atoms with Crippen LogP contribution < -0.4 is 10.6 Å². The quantitative estimate of drug-likeness (QED) is 0.854. The van der Waals surface area contributed by atoms with Crippen LogP contribution in [0.4, 0.5) is 5.13 Å². The number of hydrogen-bond acceptors (Lipinski definition) is 6. The van der Waals surface area contributed by atoms with Crippen molar-refractivity contribution in [2.45, 2.75) is 38.1 Å². The Morgan fingerprint density at radius 3 is 2.95 bits per heavy atom. The lowest BCUT2D eigenvalue weighted by atomic mass is 10.0. The highest BCUT2D eigenvalue weighted by molar-refractivity contribution is 7.91. The van der Waals surface area contributed by atoms with Gasteiger partial charge in [0.15, 0.2) is 15.0 Å². The summed E-state index contributed by atoms with van der Waals surface area (Å²) in [4.78, 5) is 17.8. The Bertz CT molecular complexity index is 616. The third kappa shape index (κ3) is 3.81. The molecule has 0 spiro atoms. The smallest absolute Gasteiger partial charge is 0.227 e. The van der Waals surface area contributed by atoms with Gasteiger partial charge in [0.05, 0.1) is 17.2 Å². The molecule has 116 valence electrons. The second-order valence-corrected chi connectivity index (χ2v) is 8.93. The van der Waals surface area contributed by atoms with Crippen molar-refractivity contribution in [2.24, 2.45) is 0 Å². The summed E-state index contributed by atoms with van der Waals surface area (Å²) in [6, 6.07) is -0.293. The van der Waals surface area contributed by atoms with E-state index in [4.69, 9.17) is 0 Å². The van der Waals surface area contributed by atoms with E-state index in [1.54, 1.807) is 11.3 Å². The number of carbonyl (C=O) groups is 1. The van der Waals surface area contributed by atoms with Gasteiger partial charge in [-0.15, -0.1) is 11.3 Å². The summed E-state index contributed by atoms with van der Waals surface area (Å²) in [5.41, 5.74) is 1.11. The van der Waals surface area contributed by atoms with Crippen molar-refractivity contribution in [2.75, 3.05) is 23.4 Å². The number of anilines is 1. The molecule has 2 aliphatic rings. The van der Waals surface area contributed by atoms with Gasteiger partial charge in [-0.05, 0) is 25.7 Å². The summed E-state index contributed by atoms with van der Waals surface area (Å²) in [7, 11) is -3.01. The minimum atomic E-state index is -3.01. The van der Waals surface area contributed by atoms with Gasteiger partial charge in [-0.3, -0.25) is 4.79 Å². The molecule has 1 aromatic rings. The Morgan fingerprint density at radius 2 is 2.19 bits per heavy atom. The highest BCUT2D eigenvalue weighted by Gasteiger charge is 2.26. The van der Waals surface area contributed by atoms with Gasteiger partial charge in [0.25, 0.3) is 0 Å². The fourth-order valence-corrected chi connectivity index (χ4v) is 5.31. The maximum Gasteiger partial charge on any atom is 0.227 e. The molecule has 0 saturated carbocycles. The Morgan fingerprint density at radius 1 is 1.38 bits per heavy atom. The fourth-order valence-electron chi connectivity index (χ4n) is 2.80. The van der Waals surface area contributed by atoms with Gasteiger partial charge in [0, 0.05) is 23.9 Å². The summed E-state index contributed by atoms with van der Waals surface area (Å²) in [6.07, 6.45) is 4.55. The Balaban J connectivity index is 1.57. The topological polar surface area (TPSA) is 88.2 Å². The van der Waals surface area contributed by atoms with Crippen molar-refractivity contribution in [3.05, 3.63) is 10.6 Å². The number of nitrogens with zero attached hydrogens (tertiary/aromatic N) is 1. The van der Waals surface area contributed by atoms with Crippen LogP contribution in [-0.2, 0) is 27.5 Å². The molecule has 6 nitrogen and oxygen atoms in total. The summed E-state index contributed by atoms with van der Waals surface area (Å²) in [5, 5.41) is 6.53. The van der Waals surface area contributed by atoms with E-state index >= 15 is 0 Å². The molecule has 2 N–H and O–H groups in total. The second-order valence-electron chi connectivity index (χ2n) is 5.61. The van der Waals surface area contributed by atoms with Crippen LogP contribution in [0.2, 0.25) is 0 Å². The number of nitrogens with one attached hydrogen (secondary N) is 2. The van der Waals surface area contributed by atoms with Crippen LogP contribution in [0.15, 0.2) is 0 Å². The number of rotatable bonds is 3. The van der Waals surface area contributed by atoms with Crippen molar-refractivity contribution in [3.63, 3.8) is 0 Å². The maximum absolute atomic E-state index is 12.0. The zero-order valence-electron chi connectivity index (χ0n) is 11.7. The number of fused-ring (bicyclic) bond motifs is 1. The summed E-state index contributed by atoms with van der Waals surface area (Å²) in [5.74, 6) is 0.0229. The number of aromatic nitrogens is 1. The SMILES string of the molecule is O=C(CC1CS(=O)(=O)CCN1)Nc1nc2c(s1)CCCC2. The predicted molar refractivity (Wildman–Crippen MR) is 82.4 cm³/mol. The second kappa shape index (κ2) is 6.02. The third-order valence-electron chi connectivity index (χ3n) is 3.83.